The zero-order valence-electron chi connectivity index (χ0n) is 16.2. The fraction of sp³-hybridized carbons (Fsp3) is 0.238. The van der Waals surface area contributed by atoms with Crippen molar-refractivity contribution in [3.05, 3.63) is 65.8 Å². The maximum Gasteiger partial charge on any atom is 0.222 e. The predicted octanol–water partition coefficient (Wildman–Crippen LogP) is 3.17. The number of hydrogen-bond donors (Lipinski definition) is 3. The average Bonchev–Trinajstić information content (AvgIpc) is 3.37. The van der Waals surface area contributed by atoms with Crippen molar-refractivity contribution in [3.8, 4) is 6.07 Å². The molecule has 3 heterocycles. The van der Waals surface area contributed by atoms with Gasteiger partial charge in [-0.2, -0.15) is 5.26 Å². The standard InChI is InChI=1S/C21H22N8/c1-2-29-19-6-4-3-5-18(19)27-20(29)11-15-12-25-21(28-17(15)7-9-22)24-10-8-16-13-23-14-26-16/h3-6,11-14,27H,2,7-8,10H2,1H3,(H,23,26)(H,24,25,28)/b20-11-. The normalized spacial score (nSPS) is 13.8. The van der Waals surface area contributed by atoms with E-state index in [0.29, 0.717) is 18.2 Å². The Bertz CT molecular complexity index is 1050. The summed E-state index contributed by atoms with van der Waals surface area (Å²) in [6.07, 6.45) is 8.24. The molecule has 3 N–H and O–H groups in total. The Labute approximate surface area is 169 Å². The molecule has 3 aromatic rings. The van der Waals surface area contributed by atoms with Crippen LogP contribution in [0, 0.1) is 11.3 Å². The van der Waals surface area contributed by atoms with E-state index in [9.17, 15) is 5.26 Å². The first kappa shape index (κ1) is 18.5. The van der Waals surface area contributed by atoms with E-state index in [1.807, 2.05) is 18.2 Å². The highest BCUT2D eigenvalue weighted by Gasteiger charge is 2.22. The van der Waals surface area contributed by atoms with E-state index in [4.69, 9.17) is 0 Å². The van der Waals surface area contributed by atoms with Gasteiger partial charge in [-0.3, -0.25) is 0 Å². The van der Waals surface area contributed by atoms with Gasteiger partial charge in [-0.1, -0.05) is 12.1 Å². The van der Waals surface area contributed by atoms with E-state index >= 15 is 0 Å². The molecule has 0 atom stereocenters. The van der Waals surface area contributed by atoms with Crippen LogP contribution in [0.5, 0.6) is 0 Å². The molecule has 0 amide bonds. The first-order valence-electron chi connectivity index (χ1n) is 9.57. The third kappa shape index (κ3) is 4.04. The number of aromatic nitrogens is 4. The summed E-state index contributed by atoms with van der Waals surface area (Å²) < 4.78 is 0. The van der Waals surface area contributed by atoms with Gasteiger partial charge in [0.25, 0.3) is 0 Å². The number of imidazole rings is 1. The summed E-state index contributed by atoms with van der Waals surface area (Å²) in [7, 11) is 0. The molecule has 0 fully saturated rings. The van der Waals surface area contributed by atoms with Crippen molar-refractivity contribution in [2.75, 3.05) is 28.6 Å². The van der Waals surface area contributed by atoms with Crippen molar-refractivity contribution in [3.63, 3.8) is 0 Å². The second-order valence-electron chi connectivity index (χ2n) is 6.60. The van der Waals surface area contributed by atoms with Gasteiger partial charge in [0, 0.05) is 43.2 Å². The maximum atomic E-state index is 9.25. The summed E-state index contributed by atoms with van der Waals surface area (Å²) in [5.74, 6) is 1.48. The molecule has 0 saturated heterocycles. The van der Waals surface area contributed by atoms with Gasteiger partial charge in [0.1, 0.15) is 5.82 Å². The lowest BCUT2D eigenvalue weighted by molar-refractivity contribution is 0.940. The van der Waals surface area contributed by atoms with Gasteiger partial charge >= 0.3 is 0 Å². The summed E-state index contributed by atoms with van der Waals surface area (Å²) in [6, 6.07) is 10.4. The van der Waals surface area contributed by atoms with Crippen molar-refractivity contribution >= 4 is 23.4 Å². The lowest BCUT2D eigenvalue weighted by Crippen LogP contribution is -2.20. The fourth-order valence-electron chi connectivity index (χ4n) is 3.33. The van der Waals surface area contributed by atoms with Crippen molar-refractivity contribution in [1.29, 1.82) is 5.26 Å². The Kier molecular flexibility index (Phi) is 5.38. The van der Waals surface area contributed by atoms with Crippen LogP contribution in [0.4, 0.5) is 17.3 Å². The number of hydrogen-bond acceptors (Lipinski definition) is 7. The van der Waals surface area contributed by atoms with E-state index in [1.165, 1.54) is 0 Å². The van der Waals surface area contributed by atoms with Crippen LogP contribution in [-0.2, 0) is 12.8 Å². The fourth-order valence-corrected chi connectivity index (χ4v) is 3.33. The second kappa shape index (κ2) is 8.44. The smallest absolute Gasteiger partial charge is 0.222 e. The number of fused-ring (bicyclic) bond motifs is 1. The van der Waals surface area contributed by atoms with E-state index in [-0.39, 0.29) is 6.42 Å². The van der Waals surface area contributed by atoms with E-state index < -0.39 is 0 Å². The van der Waals surface area contributed by atoms with E-state index in [1.54, 1.807) is 18.7 Å². The van der Waals surface area contributed by atoms with Crippen LogP contribution in [0.1, 0.15) is 23.9 Å². The molecule has 1 aromatic carbocycles. The zero-order chi connectivity index (χ0) is 20.1. The SMILES string of the molecule is CCN1/C(=C\c2cnc(NCCc3cnc[nH]3)nc2CC#N)Nc2ccccc21. The molecule has 0 unspecified atom stereocenters. The number of aromatic amines is 1. The highest BCUT2D eigenvalue weighted by molar-refractivity contribution is 5.84. The van der Waals surface area contributed by atoms with Gasteiger partial charge in [-0.25, -0.2) is 15.0 Å². The van der Waals surface area contributed by atoms with Crippen LogP contribution in [-0.4, -0.2) is 33.0 Å². The molecule has 4 rings (SSSR count). The molecule has 1 aliphatic rings. The van der Waals surface area contributed by atoms with Gasteiger partial charge in [0.05, 0.1) is 35.9 Å². The quantitative estimate of drug-likeness (QED) is 0.573. The molecule has 0 spiro atoms. The molecule has 8 heteroatoms. The number of anilines is 3. The van der Waals surface area contributed by atoms with E-state index in [0.717, 1.165) is 41.4 Å². The Balaban J connectivity index is 1.54. The molecule has 1 aliphatic heterocycles. The highest BCUT2D eigenvalue weighted by atomic mass is 15.3. The Hall–Kier alpha value is -3.86. The number of para-hydroxylation sites is 2. The lowest BCUT2D eigenvalue weighted by atomic mass is 10.1. The van der Waals surface area contributed by atoms with Crippen molar-refractivity contribution < 1.29 is 0 Å². The summed E-state index contributed by atoms with van der Waals surface area (Å²) in [6.45, 7) is 3.61. The first-order valence-corrected chi connectivity index (χ1v) is 9.57. The topological polar surface area (TPSA) is 106 Å². The first-order chi connectivity index (χ1) is 14.3. The number of H-pyrrole nitrogens is 1. The van der Waals surface area contributed by atoms with Gasteiger partial charge in [0.15, 0.2) is 0 Å². The predicted molar refractivity (Wildman–Crippen MR) is 113 cm³/mol. The minimum absolute atomic E-state index is 0.218. The monoisotopic (exact) mass is 386 g/mol. The van der Waals surface area contributed by atoms with Gasteiger partial charge in [-0.15, -0.1) is 0 Å². The third-order valence-corrected chi connectivity index (χ3v) is 4.74. The summed E-state index contributed by atoms with van der Waals surface area (Å²) in [5.41, 5.74) is 4.79. The molecular formula is C21H22N8. The summed E-state index contributed by atoms with van der Waals surface area (Å²) in [4.78, 5) is 18.3. The third-order valence-electron chi connectivity index (χ3n) is 4.74. The minimum atomic E-state index is 0.218. The molecule has 29 heavy (non-hydrogen) atoms. The van der Waals surface area contributed by atoms with Gasteiger partial charge in [0.2, 0.25) is 5.95 Å². The van der Waals surface area contributed by atoms with Gasteiger partial charge < -0.3 is 20.5 Å². The van der Waals surface area contributed by atoms with Crippen LogP contribution in [0.15, 0.2) is 48.8 Å². The zero-order valence-corrected chi connectivity index (χ0v) is 16.2. The molecule has 0 radical (unpaired) electrons. The van der Waals surface area contributed by atoms with Crippen LogP contribution in [0.2, 0.25) is 0 Å². The van der Waals surface area contributed by atoms with Crippen LogP contribution in [0.3, 0.4) is 0 Å². The largest absolute Gasteiger partial charge is 0.354 e. The average molecular weight is 386 g/mol. The van der Waals surface area contributed by atoms with Crippen molar-refractivity contribution in [2.24, 2.45) is 0 Å². The number of nitrogens with zero attached hydrogens (tertiary/aromatic N) is 5. The van der Waals surface area contributed by atoms with E-state index in [2.05, 4.69) is 60.6 Å². The molecular weight excluding hydrogens is 364 g/mol. The number of nitrogens with one attached hydrogen (secondary N) is 3. The van der Waals surface area contributed by atoms with Gasteiger partial charge in [-0.05, 0) is 25.1 Å². The maximum absolute atomic E-state index is 9.25. The molecule has 8 nitrogen and oxygen atoms in total. The van der Waals surface area contributed by atoms with Crippen molar-refractivity contribution in [1.82, 2.24) is 19.9 Å². The number of benzene rings is 1. The molecule has 2 aromatic heterocycles. The van der Waals surface area contributed by atoms with Crippen molar-refractivity contribution in [2.45, 2.75) is 19.8 Å². The molecule has 146 valence electrons. The Morgan fingerprint density at radius 3 is 2.97 bits per heavy atom. The molecule has 0 saturated carbocycles. The number of rotatable bonds is 7. The lowest BCUT2D eigenvalue weighted by Gasteiger charge is -2.18. The minimum Gasteiger partial charge on any atom is -0.354 e. The Morgan fingerprint density at radius 2 is 2.17 bits per heavy atom. The molecule has 0 bridgehead atoms. The summed E-state index contributed by atoms with van der Waals surface area (Å²) in [5, 5.41) is 15.9. The summed E-state index contributed by atoms with van der Waals surface area (Å²) >= 11 is 0. The van der Waals surface area contributed by atoms with Crippen LogP contribution < -0.4 is 15.5 Å². The number of nitriles is 1. The molecule has 0 aliphatic carbocycles. The van der Waals surface area contributed by atoms with Crippen LogP contribution in [0.25, 0.3) is 6.08 Å². The highest BCUT2D eigenvalue weighted by Crippen LogP contribution is 2.36. The van der Waals surface area contributed by atoms with Crippen LogP contribution >= 0.6 is 0 Å². The Morgan fingerprint density at radius 1 is 1.28 bits per heavy atom. The second-order valence-corrected chi connectivity index (χ2v) is 6.60.